The fourth-order valence-electron chi connectivity index (χ4n) is 1.97. The SMILES string of the molecule is C=C(C)C1(O)CCC(C)C(C)C1. The molecule has 1 N–H and O–H groups in total. The number of hydrogen-bond donors (Lipinski definition) is 1. The van der Waals surface area contributed by atoms with E-state index in [9.17, 15) is 5.11 Å². The molecule has 3 unspecified atom stereocenters. The maximum Gasteiger partial charge on any atom is 0.0854 e. The van der Waals surface area contributed by atoms with Gasteiger partial charge >= 0.3 is 0 Å². The van der Waals surface area contributed by atoms with E-state index in [0.29, 0.717) is 5.92 Å². The molecule has 1 nitrogen and oxygen atoms in total. The van der Waals surface area contributed by atoms with Crippen molar-refractivity contribution < 1.29 is 5.11 Å². The van der Waals surface area contributed by atoms with Crippen molar-refractivity contribution in [3.8, 4) is 0 Å². The molecular formula is C11H20O. The summed E-state index contributed by atoms with van der Waals surface area (Å²) in [4.78, 5) is 0. The first-order valence-electron chi connectivity index (χ1n) is 4.84. The molecule has 12 heavy (non-hydrogen) atoms. The van der Waals surface area contributed by atoms with Gasteiger partial charge in [-0.3, -0.25) is 0 Å². The van der Waals surface area contributed by atoms with E-state index in [4.69, 9.17) is 0 Å². The Morgan fingerprint density at radius 3 is 2.42 bits per heavy atom. The lowest BCUT2D eigenvalue weighted by atomic mass is 9.71. The predicted octanol–water partition coefficient (Wildman–Crippen LogP) is 2.75. The Balaban J connectivity index is 2.66. The van der Waals surface area contributed by atoms with E-state index in [0.717, 1.165) is 30.8 Å². The molecule has 0 spiro atoms. The first-order chi connectivity index (χ1) is 5.46. The van der Waals surface area contributed by atoms with Gasteiger partial charge < -0.3 is 5.11 Å². The Kier molecular flexibility index (Phi) is 2.62. The lowest BCUT2D eigenvalue weighted by Crippen LogP contribution is -2.38. The van der Waals surface area contributed by atoms with Crippen LogP contribution in [0.5, 0.6) is 0 Å². The molecule has 1 aliphatic carbocycles. The van der Waals surface area contributed by atoms with Crippen LogP contribution >= 0.6 is 0 Å². The normalized spacial score (nSPS) is 42.7. The molecule has 0 aliphatic heterocycles. The smallest absolute Gasteiger partial charge is 0.0854 e. The minimum absolute atomic E-state index is 0.564. The van der Waals surface area contributed by atoms with Gasteiger partial charge in [0.15, 0.2) is 0 Å². The Bertz CT molecular complexity index is 185. The van der Waals surface area contributed by atoms with E-state index in [1.807, 2.05) is 6.92 Å². The summed E-state index contributed by atoms with van der Waals surface area (Å²) in [5.74, 6) is 1.38. The second-order valence-electron chi connectivity index (χ2n) is 4.51. The summed E-state index contributed by atoms with van der Waals surface area (Å²) in [6.45, 7) is 10.3. The average molecular weight is 168 g/mol. The van der Waals surface area contributed by atoms with Crippen LogP contribution < -0.4 is 0 Å². The van der Waals surface area contributed by atoms with Crippen molar-refractivity contribution in [1.29, 1.82) is 0 Å². The molecule has 0 aromatic carbocycles. The third-order valence-corrected chi connectivity index (χ3v) is 3.44. The molecule has 0 aromatic rings. The van der Waals surface area contributed by atoms with Gasteiger partial charge in [-0.15, -0.1) is 0 Å². The molecule has 0 radical (unpaired) electrons. The van der Waals surface area contributed by atoms with Crippen LogP contribution in [0.15, 0.2) is 12.2 Å². The van der Waals surface area contributed by atoms with Crippen LogP contribution in [0.2, 0.25) is 0 Å². The molecule has 1 aliphatic rings. The van der Waals surface area contributed by atoms with Gasteiger partial charge in [-0.1, -0.05) is 20.4 Å². The topological polar surface area (TPSA) is 20.2 Å². The molecule has 70 valence electrons. The van der Waals surface area contributed by atoms with Crippen molar-refractivity contribution in [3.63, 3.8) is 0 Å². The number of hydrogen-bond acceptors (Lipinski definition) is 1. The van der Waals surface area contributed by atoms with E-state index in [2.05, 4.69) is 20.4 Å². The maximum absolute atomic E-state index is 10.1. The Labute approximate surface area is 75.5 Å². The minimum atomic E-state index is -0.564. The van der Waals surface area contributed by atoms with Crippen molar-refractivity contribution in [1.82, 2.24) is 0 Å². The number of aliphatic hydroxyl groups is 1. The summed E-state index contributed by atoms with van der Waals surface area (Å²) in [6.07, 6.45) is 2.92. The summed E-state index contributed by atoms with van der Waals surface area (Å²) in [7, 11) is 0. The van der Waals surface area contributed by atoms with Crippen LogP contribution in [0, 0.1) is 11.8 Å². The second-order valence-corrected chi connectivity index (χ2v) is 4.51. The van der Waals surface area contributed by atoms with Crippen molar-refractivity contribution in [2.45, 2.75) is 45.6 Å². The molecule has 1 heteroatoms. The van der Waals surface area contributed by atoms with Gasteiger partial charge in [0, 0.05) is 0 Å². The van der Waals surface area contributed by atoms with Crippen LogP contribution in [0.25, 0.3) is 0 Å². The fraction of sp³-hybridized carbons (Fsp3) is 0.818. The van der Waals surface area contributed by atoms with Gasteiger partial charge in [0.1, 0.15) is 0 Å². The van der Waals surface area contributed by atoms with E-state index < -0.39 is 5.60 Å². The van der Waals surface area contributed by atoms with Gasteiger partial charge in [-0.25, -0.2) is 0 Å². The van der Waals surface area contributed by atoms with Crippen molar-refractivity contribution in [2.24, 2.45) is 11.8 Å². The summed E-state index contributed by atoms with van der Waals surface area (Å²) >= 11 is 0. The highest BCUT2D eigenvalue weighted by molar-refractivity contribution is 5.11. The zero-order chi connectivity index (χ0) is 9.35. The van der Waals surface area contributed by atoms with Crippen molar-refractivity contribution in [3.05, 3.63) is 12.2 Å². The van der Waals surface area contributed by atoms with Crippen LogP contribution in [0.1, 0.15) is 40.0 Å². The van der Waals surface area contributed by atoms with Crippen molar-refractivity contribution >= 4 is 0 Å². The molecule has 0 aromatic heterocycles. The molecule has 0 bridgehead atoms. The highest BCUT2D eigenvalue weighted by atomic mass is 16.3. The summed E-state index contributed by atoms with van der Waals surface area (Å²) in [5.41, 5.74) is 0.368. The monoisotopic (exact) mass is 168 g/mol. The van der Waals surface area contributed by atoms with Crippen molar-refractivity contribution in [2.75, 3.05) is 0 Å². The third-order valence-electron chi connectivity index (χ3n) is 3.44. The van der Waals surface area contributed by atoms with E-state index in [-0.39, 0.29) is 0 Å². The summed E-state index contributed by atoms with van der Waals surface area (Å²) in [5, 5.41) is 10.1. The number of rotatable bonds is 1. The lowest BCUT2D eigenvalue weighted by Gasteiger charge is -2.39. The van der Waals surface area contributed by atoms with E-state index in [1.165, 1.54) is 0 Å². The van der Waals surface area contributed by atoms with Gasteiger partial charge in [-0.05, 0) is 43.6 Å². The zero-order valence-electron chi connectivity index (χ0n) is 8.43. The second kappa shape index (κ2) is 3.21. The highest BCUT2D eigenvalue weighted by Crippen LogP contribution is 2.39. The highest BCUT2D eigenvalue weighted by Gasteiger charge is 2.36. The van der Waals surface area contributed by atoms with Gasteiger partial charge in [0.05, 0.1) is 5.60 Å². The molecule has 1 fully saturated rings. The maximum atomic E-state index is 10.1. The van der Waals surface area contributed by atoms with Crippen LogP contribution in [-0.4, -0.2) is 10.7 Å². The first-order valence-corrected chi connectivity index (χ1v) is 4.84. The lowest BCUT2D eigenvalue weighted by molar-refractivity contribution is 0.00334. The van der Waals surface area contributed by atoms with Crippen LogP contribution in [0.3, 0.4) is 0 Å². The Morgan fingerprint density at radius 1 is 1.42 bits per heavy atom. The fourth-order valence-corrected chi connectivity index (χ4v) is 1.97. The average Bonchev–Trinajstić information content (AvgIpc) is 1.97. The predicted molar refractivity (Wildman–Crippen MR) is 51.9 cm³/mol. The standard InChI is InChI=1S/C11H20O/c1-8(2)11(12)6-5-9(3)10(4)7-11/h9-10,12H,1,5-7H2,2-4H3. The molecule has 0 heterocycles. The molecular weight excluding hydrogens is 148 g/mol. The Morgan fingerprint density at radius 2 is 2.00 bits per heavy atom. The van der Waals surface area contributed by atoms with Crippen LogP contribution in [-0.2, 0) is 0 Å². The first kappa shape index (κ1) is 9.79. The quantitative estimate of drug-likeness (QED) is 0.597. The summed E-state index contributed by atoms with van der Waals surface area (Å²) < 4.78 is 0. The molecule has 3 atom stereocenters. The molecule has 0 saturated heterocycles. The third kappa shape index (κ3) is 1.71. The van der Waals surface area contributed by atoms with Gasteiger partial charge in [-0.2, -0.15) is 0 Å². The van der Waals surface area contributed by atoms with Crippen LogP contribution in [0.4, 0.5) is 0 Å². The van der Waals surface area contributed by atoms with Gasteiger partial charge in [0.2, 0.25) is 0 Å². The molecule has 1 rings (SSSR count). The van der Waals surface area contributed by atoms with Gasteiger partial charge in [0.25, 0.3) is 0 Å². The Hall–Kier alpha value is -0.300. The summed E-state index contributed by atoms with van der Waals surface area (Å²) in [6, 6.07) is 0. The van der Waals surface area contributed by atoms with E-state index >= 15 is 0 Å². The zero-order valence-corrected chi connectivity index (χ0v) is 8.43. The minimum Gasteiger partial charge on any atom is -0.386 e. The molecule has 1 saturated carbocycles. The largest absolute Gasteiger partial charge is 0.386 e. The van der Waals surface area contributed by atoms with E-state index in [1.54, 1.807) is 0 Å². The molecule has 0 amide bonds.